The summed E-state index contributed by atoms with van der Waals surface area (Å²) in [6, 6.07) is -0.387. The van der Waals surface area contributed by atoms with Crippen molar-refractivity contribution in [2.75, 3.05) is 5.75 Å². The third kappa shape index (κ3) is 4.20. The average molecular weight is 312 g/mol. The third-order valence-electron chi connectivity index (χ3n) is 3.61. The molecule has 1 aliphatic carbocycles. The van der Waals surface area contributed by atoms with Gasteiger partial charge >= 0.3 is 5.97 Å². The molecule has 0 bridgehead atoms. The summed E-state index contributed by atoms with van der Waals surface area (Å²) >= 11 is 1.29. The maximum atomic E-state index is 11.9. The molecule has 1 heterocycles. The van der Waals surface area contributed by atoms with E-state index < -0.39 is 12.0 Å². The summed E-state index contributed by atoms with van der Waals surface area (Å²) in [6.45, 7) is 3.72. The van der Waals surface area contributed by atoms with E-state index in [9.17, 15) is 9.59 Å². The van der Waals surface area contributed by atoms with Gasteiger partial charge in [0.25, 0.3) is 0 Å². The largest absolute Gasteiger partial charge is 0.480 e. The fourth-order valence-corrected chi connectivity index (χ4v) is 2.76. The Kier molecular flexibility index (Phi) is 5.22. The molecule has 21 heavy (non-hydrogen) atoms. The Morgan fingerprint density at radius 1 is 1.57 bits per heavy atom. The van der Waals surface area contributed by atoms with Crippen LogP contribution in [0.25, 0.3) is 0 Å². The van der Waals surface area contributed by atoms with Gasteiger partial charge in [0, 0.05) is 6.04 Å². The summed E-state index contributed by atoms with van der Waals surface area (Å²) in [6.07, 6.45) is 4.61. The number of carboxylic acids is 1. The van der Waals surface area contributed by atoms with Gasteiger partial charge in [-0.1, -0.05) is 32.0 Å². The number of thioether (sulfide) groups is 1. The van der Waals surface area contributed by atoms with Crippen molar-refractivity contribution in [1.29, 1.82) is 0 Å². The van der Waals surface area contributed by atoms with Gasteiger partial charge in [-0.25, -0.2) is 4.79 Å². The normalized spacial score (nSPS) is 17.2. The van der Waals surface area contributed by atoms with Crippen LogP contribution in [0.4, 0.5) is 0 Å². The summed E-state index contributed by atoms with van der Waals surface area (Å²) in [5, 5.41) is 20.3. The Bertz CT molecular complexity index is 515. The van der Waals surface area contributed by atoms with Crippen molar-refractivity contribution in [3.8, 4) is 0 Å². The van der Waals surface area contributed by atoms with Crippen molar-refractivity contribution in [1.82, 2.24) is 20.1 Å². The smallest absolute Gasteiger partial charge is 0.326 e. The molecular formula is C13H20N4O3S. The molecule has 0 radical (unpaired) electrons. The maximum absolute atomic E-state index is 11.9. The lowest BCUT2D eigenvalue weighted by Gasteiger charge is -2.19. The standard InChI is InChI=1S/C13H20N4O3S/c1-3-8(2)11(12(19)20)15-10(18)6-21-13-16-14-7-17(13)9-4-5-9/h7-9,11H,3-6H2,1-2H3,(H,15,18)(H,19,20). The van der Waals surface area contributed by atoms with Crippen LogP contribution in [0.3, 0.4) is 0 Å². The molecule has 0 aliphatic heterocycles. The first-order chi connectivity index (χ1) is 10.0. The molecule has 8 heteroatoms. The third-order valence-corrected chi connectivity index (χ3v) is 4.57. The number of nitrogens with zero attached hydrogens (tertiary/aromatic N) is 3. The second-order valence-electron chi connectivity index (χ2n) is 5.31. The topological polar surface area (TPSA) is 97.1 Å². The van der Waals surface area contributed by atoms with E-state index in [1.54, 1.807) is 6.33 Å². The van der Waals surface area contributed by atoms with E-state index in [0.29, 0.717) is 17.6 Å². The summed E-state index contributed by atoms with van der Waals surface area (Å²) < 4.78 is 1.97. The van der Waals surface area contributed by atoms with Crippen LogP contribution in [-0.2, 0) is 9.59 Å². The minimum absolute atomic E-state index is 0.105. The molecule has 1 saturated carbocycles. The highest BCUT2D eigenvalue weighted by Gasteiger charge is 2.28. The number of nitrogens with one attached hydrogen (secondary N) is 1. The zero-order chi connectivity index (χ0) is 15.4. The molecule has 1 aromatic rings. The van der Waals surface area contributed by atoms with Crippen LogP contribution < -0.4 is 5.32 Å². The molecule has 1 aliphatic rings. The minimum Gasteiger partial charge on any atom is -0.480 e. The average Bonchev–Trinajstić information content (AvgIpc) is 3.20. The Hall–Kier alpha value is -1.57. The second kappa shape index (κ2) is 6.93. The number of aliphatic carboxylic acids is 1. The number of rotatable bonds is 8. The van der Waals surface area contributed by atoms with Crippen molar-refractivity contribution in [2.45, 2.75) is 50.4 Å². The van der Waals surface area contributed by atoms with E-state index in [2.05, 4.69) is 15.5 Å². The second-order valence-corrected chi connectivity index (χ2v) is 6.25. The highest BCUT2D eigenvalue weighted by atomic mass is 32.2. The van der Waals surface area contributed by atoms with Gasteiger partial charge in [0.2, 0.25) is 5.91 Å². The van der Waals surface area contributed by atoms with Gasteiger partial charge in [-0.3, -0.25) is 4.79 Å². The number of carboxylic acid groups (broad SMARTS) is 1. The van der Waals surface area contributed by atoms with Crippen molar-refractivity contribution < 1.29 is 14.7 Å². The van der Waals surface area contributed by atoms with Gasteiger partial charge in [0.15, 0.2) is 5.16 Å². The van der Waals surface area contributed by atoms with Crippen molar-refractivity contribution in [3.05, 3.63) is 6.33 Å². The highest BCUT2D eigenvalue weighted by Crippen LogP contribution is 2.37. The van der Waals surface area contributed by atoms with Gasteiger partial charge in [0.05, 0.1) is 5.75 Å². The van der Waals surface area contributed by atoms with Crippen molar-refractivity contribution in [2.24, 2.45) is 5.92 Å². The quantitative estimate of drug-likeness (QED) is 0.703. The maximum Gasteiger partial charge on any atom is 0.326 e. The van der Waals surface area contributed by atoms with Gasteiger partial charge in [0.1, 0.15) is 12.4 Å². The monoisotopic (exact) mass is 312 g/mol. The highest BCUT2D eigenvalue weighted by molar-refractivity contribution is 7.99. The van der Waals surface area contributed by atoms with Crippen LogP contribution in [-0.4, -0.2) is 43.5 Å². The zero-order valence-electron chi connectivity index (χ0n) is 12.2. The Balaban J connectivity index is 1.86. The number of carbonyl (C=O) groups is 2. The fourth-order valence-electron chi connectivity index (χ4n) is 1.97. The lowest BCUT2D eigenvalue weighted by molar-refractivity contribution is -0.143. The van der Waals surface area contributed by atoms with Crippen LogP contribution in [0.5, 0.6) is 0 Å². The lowest BCUT2D eigenvalue weighted by Crippen LogP contribution is -2.45. The van der Waals surface area contributed by atoms with Crippen LogP contribution in [0, 0.1) is 5.92 Å². The summed E-state index contributed by atoms with van der Waals surface area (Å²) in [4.78, 5) is 23.1. The van der Waals surface area contributed by atoms with Gasteiger partial charge < -0.3 is 15.0 Å². The molecule has 0 aromatic carbocycles. The predicted octanol–water partition coefficient (Wildman–Crippen LogP) is 1.32. The van der Waals surface area contributed by atoms with Gasteiger partial charge in [-0.2, -0.15) is 0 Å². The van der Waals surface area contributed by atoms with Crippen LogP contribution in [0.15, 0.2) is 11.5 Å². The number of hydrogen-bond acceptors (Lipinski definition) is 5. The Labute approximate surface area is 127 Å². The zero-order valence-corrected chi connectivity index (χ0v) is 13.0. The van der Waals surface area contributed by atoms with Gasteiger partial charge in [-0.05, 0) is 18.8 Å². The van der Waals surface area contributed by atoms with Gasteiger partial charge in [-0.15, -0.1) is 10.2 Å². The summed E-state index contributed by atoms with van der Waals surface area (Å²) in [7, 11) is 0. The Morgan fingerprint density at radius 3 is 2.86 bits per heavy atom. The minimum atomic E-state index is -0.996. The molecule has 7 nitrogen and oxygen atoms in total. The van der Waals surface area contributed by atoms with E-state index in [-0.39, 0.29) is 17.6 Å². The number of amides is 1. The summed E-state index contributed by atoms with van der Waals surface area (Å²) in [5.41, 5.74) is 0. The molecule has 0 spiro atoms. The molecule has 2 atom stereocenters. The molecule has 1 fully saturated rings. The first-order valence-corrected chi connectivity index (χ1v) is 8.06. The molecule has 116 valence electrons. The first-order valence-electron chi connectivity index (χ1n) is 7.07. The predicted molar refractivity (Wildman–Crippen MR) is 78.0 cm³/mol. The molecule has 2 unspecified atom stereocenters. The van der Waals surface area contributed by atoms with Crippen LogP contribution in [0.1, 0.15) is 39.2 Å². The fraction of sp³-hybridized carbons (Fsp3) is 0.692. The van der Waals surface area contributed by atoms with Crippen LogP contribution in [0.2, 0.25) is 0 Å². The molecule has 2 N–H and O–H groups in total. The Morgan fingerprint density at radius 2 is 2.29 bits per heavy atom. The van der Waals surface area contributed by atoms with E-state index in [1.165, 1.54) is 11.8 Å². The molecule has 1 amide bonds. The van der Waals surface area contributed by atoms with Crippen molar-refractivity contribution in [3.63, 3.8) is 0 Å². The first kappa shape index (κ1) is 15.8. The van der Waals surface area contributed by atoms with E-state index in [1.807, 2.05) is 18.4 Å². The van der Waals surface area contributed by atoms with E-state index >= 15 is 0 Å². The lowest BCUT2D eigenvalue weighted by atomic mass is 9.99. The molecular weight excluding hydrogens is 292 g/mol. The molecule has 0 saturated heterocycles. The SMILES string of the molecule is CCC(C)C(NC(=O)CSc1nncn1C1CC1)C(=O)O. The van der Waals surface area contributed by atoms with Crippen molar-refractivity contribution >= 4 is 23.6 Å². The van der Waals surface area contributed by atoms with E-state index in [4.69, 9.17) is 5.11 Å². The van der Waals surface area contributed by atoms with Crippen LogP contribution >= 0.6 is 11.8 Å². The number of aromatic nitrogens is 3. The molecule has 1 aromatic heterocycles. The molecule has 2 rings (SSSR count). The summed E-state index contributed by atoms with van der Waals surface area (Å²) in [5.74, 6) is -1.25. The number of carbonyl (C=O) groups excluding carboxylic acids is 1. The van der Waals surface area contributed by atoms with E-state index in [0.717, 1.165) is 12.8 Å². The number of hydrogen-bond donors (Lipinski definition) is 2.